The molecule has 0 bridgehead atoms. The van der Waals surface area contributed by atoms with Crippen LogP contribution >= 0.6 is 0 Å². The molecule has 2 N–H and O–H groups in total. The molecule has 0 fully saturated rings. The van der Waals surface area contributed by atoms with E-state index in [1.807, 2.05) is 11.9 Å². The molecule has 11 nitrogen and oxygen atoms in total. The average molecular weight is 573 g/mol. The number of rotatable bonds is 20. The zero-order valence-corrected chi connectivity index (χ0v) is 23.8. The second-order valence-electron chi connectivity index (χ2n) is 9.96. The highest BCUT2D eigenvalue weighted by Crippen LogP contribution is 2.28. The molecule has 1 aliphatic heterocycles. The first-order valence-corrected chi connectivity index (χ1v) is 14.2. The largest absolute Gasteiger partial charge is 0.488 e. The summed E-state index contributed by atoms with van der Waals surface area (Å²) >= 11 is 0. The van der Waals surface area contributed by atoms with Gasteiger partial charge >= 0.3 is 5.97 Å². The van der Waals surface area contributed by atoms with Crippen LogP contribution in [-0.2, 0) is 27.1 Å². The summed E-state index contributed by atoms with van der Waals surface area (Å²) in [5.74, 6) is -0.372. The van der Waals surface area contributed by atoms with Gasteiger partial charge in [-0.2, -0.15) is 0 Å². The molecule has 0 saturated heterocycles. The number of nitrogens with one attached hydrogen (secondary N) is 1. The lowest BCUT2D eigenvalue weighted by molar-refractivity contribution is -0.138. The quantitative estimate of drug-likeness (QED) is 0.0959. The number of hydrogen-bond acceptors (Lipinski definition) is 8. The van der Waals surface area contributed by atoms with Crippen LogP contribution in [0.2, 0.25) is 0 Å². The summed E-state index contributed by atoms with van der Waals surface area (Å²) in [6.07, 6.45) is 5.89. The minimum absolute atomic E-state index is 0.0886. The van der Waals surface area contributed by atoms with E-state index in [1.165, 1.54) is 17.7 Å². The van der Waals surface area contributed by atoms with Gasteiger partial charge in [0.2, 0.25) is 0 Å². The van der Waals surface area contributed by atoms with Crippen molar-refractivity contribution in [3.05, 3.63) is 63.4 Å². The van der Waals surface area contributed by atoms with Crippen molar-refractivity contribution in [1.82, 2.24) is 9.88 Å². The number of aryl methyl sites for hydroxylation is 2. The average Bonchev–Trinajstić information content (AvgIpc) is 2.97. The van der Waals surface area contributed by atoms with Crippen molar-refractivity contribution in [2.45, 2.75) is 51.0 Å². The molecule has 1 atom stereocenters. The fraction of sp³-hybridized carbons (Fsp3) is 0.586. The van der Waals surface area contributed by atoms with Crippen LogP contribution in [0.5, 0.6) is 5.75 Å². The predicted molar refractivity (Wildman–Crippen MR) is 154 cm³/mol. The van der Waals surface area contributed by atoms with E-state index in [-0.39, 0.29) is 31.9 Å². The molecule has 1 aliphatic rings. The molecule has 0 saturated carbocycles. The van der Waals surface area contributed by atoms with Crippen molar-refractivity contribution in [1.29, 1.82) is 0 Å². The van der Waals surface area contributed by atoms with Gasteiger partial charge in [-0.1, -0.05) is 23.7 Å². The third-order valence-electron chi connectivity index (χ3n) is 6.89. The Bertz CT molecular complexity index is 1150. The van der Waals surface area contributed by atoms with E-state index in [2.05, 4.69) is 27.5 Å². The topological polar surface area (TPSA) is 142 Å². The minimum Gasteiger partial charge on any atom is -0.488 e. The van der Waals surface area contributed by atoms with Crippen LogP contribution in [0, 0.1) is 5.82 Å². The van der Waals surface area contributed by atoms with E-state index in [0.29, 0.717) is 31.9 Å². The molecule has 41 heavy (non-hydrogen) atoms. The van der Waals surface area contributed by atoms with Gasteiger partial charge < -0.3 is 24.6 Å². The number of hydrogen-bond donors (Lipinski definition) is 2. The van der Waals surface area contributed by atoms with Crippen LogP contribution in [0.1, 0.15) is 55.0 Å². The summed E-state index contributed by atoms with van der Waals surface area (Å²) in [6, 6.07) is 8.44. The van der Waals surface area contributed by atoms with Gasteiger partial charge in [-0.15, -0.1) is 0 Å². The number of aromatic nitrogens is 1. The van der Waals surface area contributed by atoms with Gasteiger partial charge in [0.15, 0.2) is 11.6 Å². The third kappa shape index (κ3) is 11.5. The molecule has 0 unspecified atom stereocenters. The second-order valence-corrected chi connectivity index (χ2v) is 9.96. The fourth-order valence-corrected chi connectivity index (χ4v) is 4.73. The Morgan fingerprint density at radius 3 is 2.76 bits per heavy atom. The molecule has 3 rings (SSSR count). The first-order chi connectivity index (χ1) is 20.0. The Morgan fingerprint density at radius 2 is 1.98 bits per heavy atom. The molecule has 1 aromatic carbocycles. The van der Waals surface area contributed by atoms with Crippen LogP contribution in [0.25, 0.3) is 10.4 Å². The van der Waals surface area contributed by atoms with Crippen molar-refractivity contribution < 1.29 is 28.5 Å². The number of carbonyl (C=O) groups is 1. The zero-order chi connectivity index (χ0) is 29.3. The summed E-state index contributed by atoms with van der Waals surface area (Å²) in [6.45, 7) is 3.37. The molecule has 1 aromatic heterocycles. The molecule has 12 heteroatoms. The number of carboxylic acid groups (broad SMARTS) is 1. The molecule has 0 spiro atoms. The zero-order valence-electron chi connectivity index (χ0n) is 23.8. The normalized spacial score (nSPS) is 13.2. The summed E-state index contributed by atoms with van der Waals surface area (Å²) in [5, 5.41) is 16.2. The summed E-state index contributed by atoms with van der Waals surface area (Å²) in [5.41, 5.74) is 11.2. The number of carboxylic acids is 1. The smallest absolute Gasteiger partial charge is 0.305 e. The fourth-order valence-electron chi connectivity index (χ4n) is 4.73. The van der Waals surface area contributed by atoms with Gasteiger partial charge in [0.05, 0.1) is 32.8 Å². The molecule has 0 aliphatic carbocycles. The van der Waals surface area contributed by atoms with E-state index in [0.717, 1.165) is 56.6 Å². The number of benzene rings is 1. The first kappa shape index (κ1) is 32.1. The number of pyridine rings is 1. The highest BCUT2D eigenvalue weighted by molar-refractivity contribution is 5.68. The monoisotopic (exact) mass is 572 g/mol. The molecule has 0 radical (unpaired) electrons. The molecular weight excluding hydrogens is 531 g/mol. The number of nitrogens with zero attached hydrogens (tertiary/aromatic N) is 5. The lowest BCUT2D eigenvalue weighted by Gasteiger charge is -2.27. The van der Waals surface area contributed by atoms with E-state index in [1.54, 1.807) is 6.07 Å². The minimum atomic E-state index is -0.936. The van der Waals surface area contributed by atoms with E-state index in [4.69, 9.17) is 24.7 Å². The third-order valence-corrected chi connectivity index (χ3v) is 6.89. The van der Waals surface area contributed by atoms with Crippen LogP contribution in [0.4, 0.5) is 10.2 Å². The number of azide groups is 1. The maximum absolute atomic E-state index is 14.8. The summed E-state index contributed by atoms with van der Waals surface area (Å²) in [4.78, 5) is 21.0. The second kappa shape index (κ2) is 18.1. The molecule has 224 valence electrons. The number of unbranched alkanes of at least 4 members (excludes halogenated alkanes) is 2. The van der Waals surface area contributed by atoms with Crippen molar-refractivity contribution in [3.63, 3.8) is 0 Å². The van der Waals surface area contributed by atoms with Crippen LogP contribution < -0.4 is 10.1 Å². The summed E-state index contributed by atoms with van der Waals surface area (Å²) < 4.78 is 30.9. The Labute approximate surface area is 240 Å². The maximum Gasteiger partial charge on any atom is 0.305 e. The van der Waals surface area contributed by atoms with Crippen LogP contribution in [0.15, 0.2) is 35.4 Å². The van der Waals surface area contributed by atoms with Crippen molar-refractivity contribution in [3.8, 4) is 5.75 Å². The van der Waals surface area contributed by atoms with Gasteiger partial charge in [0, 0.05) is 29.7 Å². The lowest BCUT2D eigenvalue weighted by Crippen LogP contribution is -2.28. The van der Waals surface area contributed by atoms with Gasteiger partial charge in [-0.05, 0) is 80.6 Å². The molecule has 2 aromatic rings. The van der Waals surface area contributed by atoms with E-state index < -0.39 is 17.8 Å². The van der Waals surface area contributed by atoms with Gasteiger partial charge in [0.1, 0.15) is 12.4 Å². The molecular formula is C29H41FN6O5. The number of aliphatic carboxylic acids is 1. The van der Waals surface area contributed by atoms with Gasteiger partial charge in [-0.25, -0.2) is 9.37 Å². The predicted octanol–water partition coefficient (Wildman–Crippen LogP) is 5.16. The Morgan fingerprint density at radius 1 is 1.17 bits per heavy atom. The first-order valence-electron chi connectivity index (χ1n) is 14.2. The van der Waals surface area contributed by atoms with Crippen molar-refractivity contribution in [2.75, 3.05) is 65.0 Å². The van der Waals surface area contributed by atoms with Gasteiger partial charge in [-0.3, -0.25) is 9.69 Å². The van der Waals surface area contributed by atoms with Crippen LogP contribution in [0.3, 0.4) is 0 Å². The Kier molecular flexibility index (Phi) is 14.2. The standard InChI is InChI=1S/C29H41FN6O5/c1-36(14-4-2-3-7-24-10-8-22-6-5-12-32-29(22)34-24)26(21-28(37)38)23-9-11-27(25(30)20-23)41-19-18-40-17-16-39-15-13-33-35-31/h8-11,20,26H,2-7,12-19,21H2,1H3,(H,32,34)(H,37,38)/t26-/m1/s1. The Hall–Kier alpha value is -3.44. The Balaban J connectivity index is 1.40. The highest BCUT2D eigenvalue weighted by atomic mass is 19.1. The van der Waals surface area contributed by atoms with E-state index in [9.17, 15) is 14.3 Å². The molecule has 2 heterocycles. The number of halogens is 1. The van der Waals surface area contributed by atoms with Crippen LogP contribution in [-0.4, -0.2) is 80.7 Å². The number of fused-ring (bicyclic) bond motifs is 1. The SMILES string of the molecule is CN(CCCCCc1ccc2c(n1)NCCC2)[C@H](CC(=O)O)c1ccc(OCCOCCOCCN=[N+]=[N-])c(F)c1. The van der Waals surface area contributed by atoms with Gasteiger partial charge in [0.25, 0.3) is 0 Å². The summed E-state index contributed by atoms with van der Waals surface area (Å²) in [7, 11) is 1.88. The number of ether oxygens (including phenoxy) is 3. The van der Waals surface area contributed by atoms with E-state index >= 15 is 0 Å². The maximum atomic E-state index is 14.8. The number of anilines is 1. The molecule has 0 amide bonds. The van der Waals surface area contributed by atoms with Crippen molar-refractivity contribution in [2.24, 2.45) is 5.11 Å². The van der Waals surface area contributed by atoms with Crippen molar-refractivity contribution >= 4 is 11.8 Å². The lowest BCUT2D eigenvalue weighted by atomic mass is 10.0. The highest BCUT2D eigenvalue weighted by Gasteiger charge is 2.22.